The Morgan fingerprint density at radius 2 is 1.95 bits per heavy atom. The van der Waals surface area contributed by atoms with Gasteiger partial charge in [0, 0.05) is 19.2 Å². The van der Waals surface area contributed by atoms with Crippen LogP contribution in [0.1, 0.15) is 43.0 Å². The Balaban J connectivity index is 2.20. The Hall–Kier alpha value is -1.62. The molecule has 1 amide bonds. The lowest BCUT2D eigenvalue weighted by Crippen LogP contribution is -2.39. The van der Waals surface area contributed by atoms with Gasteiger partial charge in [0.2, 0.25) is 0 Å². The van der Waals surface area contributed by atoms with Gasteiger partial charge in [0.1, 0.15) is 5.02 Å². The minimum Gasteiger partial charge on any atom is -0.339 e. The van der Waals surface area contributed by atoms with Gasteiger partial charge in [0.25, 0.3) is 11.6 Å². The number of amides is 1. The maximum Gasteiger partial charge on any atom is 0.288 e. The van der Waals surface area contributed by atoms with E-state index < -0.39 is 4.92 Å². The van der Waals surface area contributed by atoms with Gasteiger partial charge in [-0.3, -0.25) is 14.9 Å². The van der Waals surface area contributed by atoms with E-state index in [1.54, 1.807) is 18.0 Å². The molecular weight excluding hydrogens is 292 g/mol. The van der Waals surface area contributed by atoms with Crippen molar-refractivity contribution in [1.29, 1.82) is 0 Å². The second kappa shape index (κ2) is 6.43. The summed E-state index contributed by atoms with van der Waals surface area (Å²) in [7, 11) is 1.75. The summed E-state index contributed by atoms with van der Waals surface area (Å²) < 4.78 is 0. The fraction of sp³-hybridized carbons (Fsp3) is 0.533. The van der Waals surface area contributed by atoms with Crippen LogP contribution in [-0.2, 0) is 0 Å². The first-order valence-electron chi connectivity index (χ1n) is 7.12. The highest BCUT2D eigenvalue weighted by Crippen LogP contribution is 2.31. The lowest BCUT2D eigenvalue weighted by Gasteiger charge is -2.33. The molecule has 0 radical (unpaired) electrons. The fourth-order valence-corrected chi connectivity index (χ4v) is 3.09. The van der Waals surface area contributed by atoms with E-state index in [1.807, 2.05) is 0 Å². The molecule has 1 saturated carbocycles. The first kappa shape index (κ1) is 15.8. The number of carbonyl (C=O) groups is 1. The van der Waals surface area contributed by atoms with E-state index in [4.69, 9.17) is 11.6 Å². The monoisotopic (exact) mass is 310 g/mol. The van der Waals surface area contributed by atoms with Crippen molar-refractivity contribution >= 4 is 23.2 Å². The third-order valence-electron chi connectivity index (χ3n) is 4.26. The molecule has 0 spiro atoms. The van der Waals surface area contributed by atoms with Crippen molar-refractivity contribution in [2.24, 2.45) is 5.92 Å². The van der Waals surface area contributed by atoms with E-state index >= 15 is 0 Å². The maximum atomic E-state index is 12.5. The van der Waals surface area contributed by atoms with Gasteiger partial charge in [-0.1, -0.05) is 24.6 Å². The van der Waals surface area contributed by atoms with Crippen molar-refractivity contribution in [1.82, 2.24) is 4.90 Å². The summed E-state index contributed by atoms with van der Waals surface area (Å²) in [6, 6.07) is 4.53. The second-order valence-corrected chi connectivity index (χ2v) is 6.10. The van der Waals surface area contributed by atoms with E-state index in [-0.39, 0.29) is 28.2 Å². The van der Waals surface area contributed by atoms with Crippen LogP contribution in [0, 0.1) is 16.0 Å². The zero-order valence-corrected chi connectivity index (χ0v) is 13.0. The molecule has 1 fully saturated rings. The van der Waals surface area contributed by atoms with E-state index in [0.717, 1.165) is 25.7 Å². The van der Waals surface area contributed by atoms with Crippen LogP contribution < -0.4 is 0 Å². The molecule has 2 rings (SSSR count). The van der Waals surface area contributed by atoms with Crippen LogP contribution in [0.15, 0.2) is 18.2 Å². The van der Waals surface area contributed by atoms with E-state index in [9.17, 15) is 14.9 Å². The Kier molecular flexibility index (Phi) is 4.83. The van der Waals surface area contributed by atoms with Crippen LogP contribution in [-0.4, -0.2) is 28.8 Å². The molecule has 1 aromatic rings. The van der Waals surface area contributed by atoms with E-state index in [1.165, 1.54) is 12.1 Å². The second-order valence-electron chi connectivity index (χ2n) is 5.73. The van der Waals surface area contributed by atoms with Gasteiger partial charge in [-0.15, -0.1) is 0 Å². The number of hydrogen-bond donors (Lipinski definition) is 0. The molecular formula is C15H19ClN2O3. The maximum absolute atomic E-state index is 12.5. The molecule has 0 N–H and O–H groups in total. The van der Waals surface area contributed by atoms with Crippen LogP contribution in [0.5, 0.6) is 0 Å². The van der Waals surface area contributed by atoms with E-state index in [0.29, 0.717) is 5.92 Å². The molecule has 6 heteroatoms. The minimum absolute atomic E-state index is 0.0801. The molecule has 0 saturated heterocycles. The minimum atomic E-state index is -0.568. The van der Waals surface area contributed by atoms with Crippen molar-refractivity contribution < 1.29 is 9.72 Å². The molecule has 0 bridgehead atoms. The lowest BCUT2D eigenvalue weighted by atomic mass is 9.86. The number of hydrogen-bond acceptors (Lipinski definition) is 3. The Bertz CT molecular complexity index is 554. The molecule has 114 valence electrons. The van der Waals surface area contributed by atoms with Gasteiger partial charge in [0.05, 0.1) is 10.5 Å². The number of benzene rings is 1. The van der Waals surface area contributed by atoms with Crippen LogP contribution in [0.3, 0.4) is 0 Å². The van der Waals surface area contributed by atoms with Crippen molar-refractivity contribution in [2.75, 3.05) is 7.05 Å². The van der Waals surface area contributed by atoms with Crippen molar-refractivity contribution in [2.45, 2.75) is 38.6 Å². The third kappa shape index (κ3) is 3.35. The summed E-state index contributed by atoms with van der Waals surface area (Å²) in [4.78, 5) is 24.5. The summed E-state index contributed by atoms with van der Waals surface area (Å²) in [5, 5.41) is 10.8. The van der Waals surface area contributed by atoms with Gasteiger partial charge in [-0.25, -0.2) is 0 Å². The number of nitrogens with zero attached hydrogens (tertiary/aromatic N) is 2. The molecule has 0 aromatic heterocycles. The van der Waals surface area contributed by atoms with Gasteiger partial charge in [-0.05, 0) is 37.7 Å². The quantitative estimate of drug-likeness (QED) is 0.628. The molecule has 0 aliphatic heterocycles. The zero-order valence-electron chi connectivity index (χ0n) is 12.2. The average molecular weight is 311 g/mol. The number of carbonyl (C=O) groups excluding carboxylic acids is 1. The SMILES string of the molecule is CC1CCC(N(C)C(=O)c2cccc([N+](=O)[O-])c2Cl)CC1. The van der Waals surface area contributed by atoms with Crippen LogP contribution in [0.4, 0.5) is 5.69 Å². The fourth-order valence-electron chi connectivity index (χ4n) is 2.81. The highest BCUT2D eigenvalue weighted by molar-refractivity contribution is 6.35. The molecule has 1 aliphatic rings. The standard InChI is InChI=1S/C15H19ClN2O3/c1-10-6-8-11(9-7-10)17(2)15(19)12-4-3-5-13(14(12)16)18(20)21/h3-5,10-11H,6-9H2,1-2H3. The van der Waals surface area contributed by atoms with Crippen LogP contribution in [0.25, 0.3) is 0 Å². The summed E-state index contributed by atoms with van der Waals surface area (Å²) in [5.41, 5.74) is -0.0276. The van der Waals surface area contributed by atoms with Gasteiger partial charge >= 0.3 is 0 Å². The summed E-state index contributed by atoms with van der Waals surface area (Å²) in [6.45, 7) is 2.22. The molecule has 21 heavy (non-hydrogen) atoms. The molecule has 0 heterocycles. The van der Waals surface area contributed by atoms with Crippen molar-refractivity contribution in [3.63, 3.8) is 0 Å². The van der Waals surface area contributed by atoms with Crippen molar-refractivity contribution in [3.8, 4) is 0 Å². The molecule has 5 nitrogen and oxygen atoms in total. The highest BCUT2D eigenvalue weighted by atomic mass is 35.5. The molecule has 0 atom stereocenters. The Morgan fingerprint density at radius 1 is 1.33 bits per heavy atom. The predicted molar refractivity (Wildman–Crippen MR) is 81.6 cm³/mol. The first-order valence-corrected chi connectivity index (χ1v) is 7.49. The zero-order chi connectivity index (χ0) is 15.6. The lowest BCUT2D eigenvalue weighted by molar-refractivity contribution is -0.384. The van der Waals surface area contributed by atoms with Gasteiger partial charge < -0.3 is 4.90 Å². The Morgan fingerprint density at radius 3 is 2.52 bits per heavy atom. The molecule has 0 unspecified atom stereocenters. The number of nitro groups is 1. The van der Waals surface area contributed by atoms with Crippen LogP contribution in [0.2, 0.25) is 5.02 Å². The van der Waals surface area contributed by atoms with Crippen molar-refractivity contribution in [3.05, 3.63) is 38.9 Å². The first-order chi connectivity index (χ1) is 9.91. The number of nitro benzene ring substituents is 1. The predicted octanol–water partition coefficient (Wildman–Crippen LogP) is 3.90. The number of halogens is 1. The summed E-state index contributed by atoms with van der Waals surface area (Å²) in [6.07, 6.45) is 4.14. The normalized spacial score (nSPS) is 21.9. The third-order valence-corrected chi connectivity index (χ3v) is 4.66. The smallest absolute Gasteiger partial charge is 0.288 e. The highest BCUT2D eigenvalue weighted by Gasteiger charge is 2.28. The number of rotatable bonds is 3. The summed E-state index contributed by atoms with van der Waals surface area (Å²) >= 11 is 6.02. The largest absolute Gasteiger partial charge is 0.339 e. The topological polar surface area (TPSA) is 63.5 Å². The summed E-state index contributed by atoms with van der Waals surface area (Å²) in [5.74, 6) is 0.453. The van der Waals surface area contributed by atoms with Crippen LogP contribution >= 0.6 is 11.6 Å². The van der Waals surface area contributed by atoms with Gasteiger partial charge in [0.15, 0.2) is 0 Å². The molecule has 1 aromatic carbocycles. The van der Waals surface area contributed by atoms with E-state index in [2.05, 4.69) is 6.92 Å². The van der Waals surface area contributed by atoms with Gasteiger partial charge in [-0.2, -0.15) is 0 Å². The Labute approximate surface area is 129 Å². The molecule has 1 aliphatic carbocycles. The average Bonchev–Trinajstić information content (AvgIpc) is 2.46.